The highest BCUT2D eigenvalue weighted by atomic mass is 35.5. The van der Waals surface area contributed by atoms with Crippen molar-refractivity contribution < 1.29 is 22.7 Å². The van der Waals surface area contributed by atoms with Crippen molar-refractivity contribution in [2.45, 2.75) is 37.2 Å². The Labute approximate surface area is 191 Å². The molecule has 2 amide bonds. The SMILES string of the molecule is CC[C@@H]1Oc2ccc(S(=O)(=O)N3CCC(C(=O)Nc4cccc(Cl)c4)CC3)cc2NC1=O. The average molecular weight is 478 g/mol. The first kappa shape index (κ1) is 22.6. The summed E-state index contributed by atoms with van der Waals surface area (Å²) >= 11 is 5.95. The van der Waals surface area contributed by atoms with Crippen LogP contribution in [0.25, 0.3) is 0 Å². The second kappa shape index (κ2) is 9.09. The van der Waals surface area contributed by atoms with Crippen LogP contribution >= 0.6 is 11.6 Å². The molecule has 0 aliphatic carbocycles. The number of sulfonamides is 1. The van der Waals surface area contributed by atoms with Gasteiger partial charge in [-0.05, 0) is 55.7 Å². The lowest BCUT2D eigenvalue weighted by molar-refractivity contribution is -0.123. The minimum Gasteiger partial charge on any atom is -0.478 e. The van der Waals surface area contributed by atoms with Crippen molar-refractivity contribution in [2.75, 3.05) is 23.7 Å². The van der Waals surface area contributed by atoms with E-state index in [1.165, 1.54) is 16.4 Å². The Morgan fingerprint density at radius 1 is 1.22 bits per heavy atom. The van der Waals surface area contributed by atoms with Crippen LogP contribution in [0.5, 0.6) is 5.75 Å². The minimum absolute atomic E-state index is 0.0805. The molecule has 0 spiro atoms. The summed E-state index contributed by atoms with van der Waals surface area (Å²) in [6.07, 6.45) is 0.760. The highest BCUT2D eigenvalue weighted by Crippen LogP contribution is 2.34. The number of nitrogens with zero attached hydrogens (tertiary/aromatic N) is 1. The van der Waals surface area contributed by atoms with Crippen molar-refractivity contribution in [3.63, 3.8) is 0 Å². The molecule has 2 heterocycles. The van der Waals surface area contributed by atoms with E-state index in [1.54, 1.807) is 30.3 Å². The standard InChI is InChI=1S/C22H24ClN3O5S/c1-2-19-22(28)25-18-13-17(6-7-20(18)31-19)32(29,30)26-10-8-14(9-11-26)21(27)24-16-5-3-4-15(23)12-16/h3-7,12-14,19H,2,8-11H2,1H3,(H,24,27)(H,25,28)/t19-/m0/s1. The predicted molar refractivity (Wildman–Crippen MR) is 121 cm³/mol. The van der Waals surface area contributed by atoms with Gasteiger partial charge in [0.2, 0.25) is 15.9 Å². The fraction of sp³-hybridized carbons (Fsp3) is 0.364. The summed E-state index contributed by atoms with van der Waals surface area (Å²) in [5.74, 6) is -0.279. The van der Waals surface area contributed by atoms with Gasteiger partial charge in [-0.3, -0.25) is 9.59 Å². The highest BCUT2D eigenvalue weighted by molar-refractivity contribution is 7.89. The number of halogens is 1. The number of fused-ring (bicyclic) bond motifs is 1. The van der Waals surface area contributed by atoms with Crippen molar-refractivity contribution in [1.29, 1.82) is 0 Å². The normalized spacial score (nSPS) is 19.6. The van der Waals surface area contributed by atoms with Gasteiger partial charge in [-0.25, -0.2) is 8.42 Å². The van der Waals surface area contributed by atoms with Gasteiger partial charge in [-0.2, -0.15) is 4.31 Å². The number of carbonyl (C=O) groups is 2. The maximum Gasteiger partial charge on any atom is 0.265 e. The predicted octanol–water partition coefficient (Wildman–Crippen LogP) is 3.49. The van der Waals surface area contributed by atoms with E-state index in [4.69, 9.17) is 16.3 Å². The van der Waals surface area contributed by atoms with Crippen molar-refractivity contribution in [3.05, 3.63) is 47.5 Å². The number of hydrogen-bond donors (Lipinski definition) is 2. The smallest absolute Gasteiger partial charge is 0.265 e. The van der Waals surface area contributed by atoms with E-state index in [0.29, 0.717) is 41.4 Å². The maximum atomic E-state index is 13.1. The molecule has 0 bridgehead atoms. The van der Waals surface area contributed by atoms with Crippen LogP contribution in [0.1, 0.15) is 26.2 Å². The third-order valence-electron chi connectivity index (χ3n) is 5.70. The fourth-order valence-corrected chi connectivity index (χ4v) is 5.56. The van der Waals surface area contributed by atoms with Crippen LogP contribution in [0, 0.1) is 5.92 Å². The van der Waals surface area contributed by atoms with E-state index in [2.05, 4.69) is 10.6 Å². The largest absolute Gasteiger partial charge is 0.478 e. The monoisotopic (exact) mass is 477 g/mol. The summed E-state index contributed by atoms with van der Waals surface area (Å²) in [4.78, 5) is 24.7. The van der Waals surface area contributed by atoms with Gasteiger partial charge in [-0.15, -0.1) is 0 Å². The fourth-order valence-electron chi connectivity index (χ4n) is 3.88. The second-order valence-corrected chi connectivity index (χ2v) is 10.2. The van der Waals surface area contributed by atoms with Crippen LogP contribution in [-0.2, 0) is 19.6 Å². The summed E-state index contributed by atoms with van der Waals surface area (Å²) in [5.41, 5.74) is 0.956. The van der Waals surface area contributed by atoms with E-state index < -0.39 is 16.1 Å². The highest BCUT2D eigenvalue weighted by Gasteiger charge is 2.33. The van der Waals surface area contributed by atoms with Crippen molar-refractivity contribution in [2.24, 2.45) is 5.92 Å². The molecule has 1 saturated heterocycles. The van der Waals surface area contributed by atoms with Crippen molar-refractivity contribution in [1.82, 2.24) is 4.31 Å². The molecular formula is C22H24ClN3O5S. The number of hydrogen-bond acceptors (Lipinski definition) is 5. The van der Waals surface area contributed by atoms with E-state index in [9.17, 15) is 18.0 Å². The molecule has 32 heavy (non-hydrogen) atoms. The number of piperidine rings is 1. The first-order valence-electron chi connectivity index (χ1n) is 10.5. The van der Waals surface area contributed by atoms with Gasteiger partial charge < -0.3 is 15.4 Å². The molecule has 1 atom stereocenters. The number of ether oxygens (including phenoxy) is 1. The minimum atomic E-state index is -3.77. The summed E-state index contributed by atoms with van der Waals surface area (Å²) in [5, 5.41) is 6.08. The second-order valence-electron chi connectivity index (χ2n) is 7.84. The van der Waals surface area contributed by atoms with Gasteiger partial charge in [0.05, 0.1) is 10.6 Å². The Bertz CT molecular complexity index is 1150. The number of amides is 2. The zero-order valence-corrected chi connectivity index (χ0v) is 19.1. The number of benzene rings is 2. The van der Waals surface area contributed by atoms with Crippen molar-refractivity contribution >= 4 is 44.8 Å². The number of anilines is 2. The van der Waals surface area contributed by atoms with Crippen LogP contribution in [0.15, 0.2) is 47.4 Å². The Kier molecular flexibility index (Phi) is 6.41. The zero-order chi connectivity index (χ0) is 22.9. The van der Waals surface area contributed by atoms with Gasteiger partial charge in [0.15, 0.2) is 6.10 Å². The Morgan fingerprint density at radius 2 is 1.97 bits per heavy atom. The van der Waals surface area contributed by atoms with Crippen LogP contribution in [0.4, 0.5) is 11.4 Å². The first-order valence-corrected chi connectivity index (χ1v) is 12.3. The molecule has 0 saturated carbocycles. The Morgan fingerprint density at radius 3 is 2.66 bits per heavy atom. The first-order chi connectivity index (χ1) is 15.3. The van der Waals surface area contributed by atoms with E-state index in [-0.39, 0.29) is 35.7 Å². The summed E-state index contributed by atoms with van der Waals surface area (Å²) in [7, 11) is -3.77. The Balaban J connectivity index is 1.41. The molecule has 8 nitrogen and oxygen atoms in total. The molecule has 1 fully saturated rings. The molecule has 170 valence electrons. The summed E-state index contributed by atoms with van der Waals surface area (Å²) in [6.45, 7) is 2.30. The number of nitrogens with one attached hydrogen (secondary N) is 2. The quantitative estimate of drug-likeness (QED) is 0.685. The van der Waals surface area contributed by atoms with E-state index in [1.807, 2.05) is 6.92 Å². The third kappa shape index (κ3) is 4.60. The molecule has 2 aliphatic heterocycles. The van der Waals surface area contributed by atoms with Gasteiger partial charge in [0.1, 0.15) is 5.75 Å². The molecule has 10 heteroatoms. The van der Waals surface area contributed by atoms with Gasteiger partial charge in [0.25, 0.3) is 5.91 Å². The van der Waals surface area contributed by atoms with Gasteiger partial charge in [-0.1, -0.05) is 24.6 Å². The molecule has 4 rings (SSSR count). The Hall–Kier alpha value is -2.62. The number of rotatable bonds is 5. The van der Waals surface area contributed by atoms with Crippen LogP contribution < -0.4 is 15.4 Å². The zero-order valence-electron chi connectivity index (χ0n) is 17.5. The number of carbonyl (C=O) groups excluding carboxylic acids is 2. The molecule has 2 aromatic carbocycles. The molecule has 0 aromatic heterocycles. The molecule has 2 aromatic rings. The van der Waals surface area contributed by atoms with Crippen molar-refractivity contribution in [3.8, 4) is 5.75 Å². The lowest BCUT2D eigenvalue weighted by Crippen LogP contribution is -2.41. The summed E-state index contributed by atoms with van der Waals surface area (Å²) in [6, 6.07) is 11.4. The molecule has 0 unspecified atom stereocenters. The summed E-state index contributed by atoms with van der Waals surface area (Å²) < 4.78 is 33.3. The third-order valence-corrected chi connectivity index (χ3v) is 7.83. The van der Waals surface area contributed by atoms with Crippen LogP contribution in [0.3, 0.4) is 0 Å². The van der Waals surface area contributed by atoms with Crippen LogP contribution in [0.2, 0.25) is 5.02 Å². The maximum absolute atomic E-state index is 13.1. The molecule has 0 radical (unpaired) electrons. The van der Waals surface area contributed by atoms with Crippen LogP contribution in [-0.4, -0.2) is 43.7 Å². The molecule has 2 aliphatic rings. The molecule has 2 N–H and O–H groups in total. The average Bonchev–Trinajstić information content (AvgIpc) is 2.78. The van der Waals surface area contributed by atoms with Gasteiger partial charge in [0, 0.05) is 29.7 Å². The lowest BCUT2D eigenvalue weighted by atomic mass is 9.97. The topological polar surface area (TPSA) is 105 Å². The van der Waals surface area contributed by atoms with Gasteiger partial charge >= 0.3 is 0 Å². The lowest BCUT2D eigenvalue weighted by Gasteiger charge is -2.31. The van der Waals surface area contributed by atoms with E-state index >= 15 is 0 Å². The molecular weight excluding hydrogens is 454 g/mol. The van der Waals surface area contributed by atoms with E-state index in [0.717, 1.165) is 0 Å².